The Kier molecular flexibility index (Phi) is 4.50. The minimum absolute atomic E-state index is 0.0972. The number of hydrogen-bond donors (Lipinski definition) is 1. The Morgan fingerprint density at radius 2 is 2.05 bits per heavy atom. The van der Waals surface area contributed by atoms with Crippen molar-refractivity contribution in [1.29, 1.82) is 0 Å². The van der Waals surface area contributed by atoms with Crippen LogP contribution >= 0.6 is 0 Å². The molecule has 0 saturated carbocycles. The Balaban J connectivity index is 2.36. The van der Waals surface area contributed by atoms with E-state index in [1.165, 1.54) is 0 Å². The highest BCUT2D eigenvalue weighted by molar-refractivity contribution is 5.89. The molecule has 0 aromatic heterocycles. The van der Waals surface area contributed by atoms with E-state index in [4.69, 9.17) is 0 Å². The number of piperazine rings is 1. The van der Waals surface area contributed by atoms with Gasteiger partial charge in [0, 0.05) is 26.2 Å². The van der Waals surface area contributed by atoms with E-state index >= 15 is 0 Å². The van der Waals surface area contributed by atoms with E-state index < -0.39 is 6.04 Å². The molecule has 1 aliphatic rings. The summed E-state index contributed by atoms with van der Waals surface area (Å²) in [6.07, 6.45) is 0. The number of amides is 3. The van der Waals surface area contributed by atoms with Crippen LogP contribution in [0.2, 0.25) is 0 Å². The molecule has 1 heterocycles. The summed E-state index contributed by atoms with van der Waals surface area (Å²) >= 11 is 0. The van der Waals surface area contributed by atoms with Gasteiger partial charge in [0.05, 0.1) is 0 Å². The molecule has 5 nitrogen and oxygen atoms in total. The molecule has 1 fully saturated rings. The Labute approximate surface area is 125 Å². The van der Waals surface area contributed by atoms with Crippen LogP contribution in [0.15, 0.2) is 24.3 Å². The number of carbonyl (C=O) groups is 2. The summed E-state index contributed by atoms with van der Waals surface area (Å²) in [6.45, 7) is 6.92. The fourth-order valence-electron chi connectivity index (χ4n) is 2.50. The third-order valence-electron chi connectivity index (χ3n) is 4.02. The molecule has 1 N–H and O–H groups in total. The van der Waals surface area contributed by atoms with Crippen LogP contribution in [0.5, 0.6) is 0 Å². The highest BCUT2D eigenvalue weighted by Crippen LogP contribution is 2.27. The van der Waals surface area contributed by atoms with Crippen molar-refractivity contribution < 1.29 is 9.59 Å². The summed E-state index contributed by atoms with van der Waals surface area (Å²) in [6, 6.07) is 7.17. The van der Waals surface area contributed by atoms with Crippen LogP contribution < -0.4 is 5.32 Å². The average molecular weight is 289 g/mol. The van der Waals surface area contributed by atoms with Gasteiger partial charge in [0.15, 0.2) is 0 Å². The van der Waals surface area contributed by atoms with Gasteiger partial charge in [-0.1, -0.05) is 24.3 Å². The Morgan fingerprint density at radius 1 is 1.38 bits per heavy atom. The minimum Gasteiger partial charge on any atom is -0.352 e. The lowest BCUT2D eigenvalue weighted by atomic mass is 9.98. The second-order valence-corrected chi connectivity index (χ2v) is 5.73. The summed E-state index contributed by atoms with van der Waals surface area (Å²) in [5.41, 5.74) is 1.91. The van der Waals surface area contributed by atoms with Gasteiger partial charge in [-0.15, -0.1) is 0 Å². The molecule has 1 unspecified atom stereocenters. The molecule has 2 rings (SSSR count). The van der Waals surface area contributed by atoms with E-state index in [0.717, 1.165) is 11.1 Å². The van der Waals surface area contributed by atoms with Gasteiger partial charge in [-0.2, -0.15) is 0 Å². The molecular weight excluding hydrogens is 266 g/mol. The fraction of sp³-hybridized carbons (Fsp3) is 0.500. The largest absolute Gasteiger partial charge is 0.352 e. The quantitative estimate of drug-likeness (QED) is 0.904. The first-order valence-electron chi connectivity index (χ1n) is 7.30. The molecule has 0 aliphatic carbocycles. The molecule has 5 heteroatoms. The molecule has 21 heavy (non-hydrogen) atoms. The van der Waals surface area contributed by atoms with Crippen molar-refractivity contribution in [2.75, 3.05) is 20.1 Å². The number of hydrogen-bond acceptors (Lipinski definition) is 2. The molecule has 1 saturated heterocycles. The molecule has 1 aromatic rings. The number of aryl methyl sites for hydroxylation is 1. The lowest BCUT2D eigenvalue weighted by molar-refractivity contribution is -0.128. The Morgan fingerprint density at radius 3 is 2.67 bits per heavy atom. The molecule has 3 amide bonds. The first kappa shape index (κ1) is 15.4. The standard InChI is InChI=1S/C16H23N3O2/c1-11(2)18(4)16(21)19-10-9-17-15(20)14(19)13-8-6-5-7-12(13)3/h5-8,11,14H,9-10H2,1-4H3,(H,17,20). The van der Waals surface area contributed by atoms with Crippen LogP contribution in [0.25, 0.3) is 0 Å². The molecule has 0 bridgehead atoms. The van der Waals surface area contributed by atoms with Gasteiger partial charge >= 0.3 is 6.03 Å². The van der Waals surface area contributed by atoms with E-state index in [1.54, 1.807) is 16.8 Å². The zero-order valence-corrected chi connectivity index (χ0v) is 13.1. The zero-order chi connectivity index (χ0) is 15.6. The topological polar surface area (TPSA) is 52.7 Å². The maximum atomic E-state index is 12.7. The smallest absolute Gasteiger partial charge is 0.320 e. The maximum Gasteiger partial charge on any atom is 0.320 e. The lowest BCUT2D eigenvalue weighted by Crippen LogP contribution is -2.56. The van der Waals surface area contributed by atoms with Gasteiger partial charge in [0.1, 0.15) is 6.04 Å². The van der Waals surface area contributed by atoms with Crippen molar-refractivity contribution in [3.63, 3.8) is 0 Å². The first-order valence-corrected chi connectivity index (χ1v) is 7.30. The van der Waals surface area contributed by atoms with Crippen molar-refractivity contribution in [3.05, 3.63) is 35.4 Å². The van der Waals surface area contributed by atoms with Crippen LogP contribution in [-0.2, 0) is 4.79 Å². The second kappa shape index (κ2) is 6.16. The van der Waals surface area contributed by atoms with Crippen molar-refractivity contribution in [2.45, 2.75) is 32.9 Å². The molecule has 114 valence electrons. The van der Waals surface area contributed by atoms with Crippen molar-refractivity contribution >= 4 is 11.9 Å². The molecule has 0 radical (unpaired) electrons. The second-order valence-electron chi connectivity index (χ2n) is 5.73. The Bertz CT molecular complexity index is 542. The van der Waals surface area contributed by atoms with Crippen molar-refractivity contribution in [2.24, 2.45) is 0 Å². The summed E-state index contributed by atoms with van der Waals surface area (Å²) in [4.78, 5) is 28.3. The maximum absolute atomic E-state index is 12.7. The number of nitrogens with zero attached hydrogens (tertiary/aromatic N) is 2. The van der Waals surface area contributed by atoms with E-state index in [0.29, 0.717) is 13.1 Å². The fourth-order valence-corrected chi connectivity index (χ4v) is 2.50. The normalized spacial score (nSPS) is 18.6. The number of benzene rings is 1. The third kappa shape index (κ3) is 3.01. The summed E-state index contributed by atoms with van der Waals surface area (Å²) < 4.78 is 0. The summed E-state index contributed by atoms with van der Waals surface area (Å²) in [7, 11) is 1.77. The van der Waals surface area contributed by atoms with E-state index in [9.17, 15) is 9.59 Å². The SMILES string of the molecule is Cc1ccccc1C1C(=O)NCCN1C(=O)N(C)C(C)C. The molecule has 1 aromatic carbocycles. The number of urea groups is 1. The van der Waals surface area contributed by atoms with Gasteiger partial charge in [-0.25, -0.2) is 4.79 Å². The average Bonchev–Trinajstić information content (AvgIpc) is 2.46. The third-order valence-corrected chi connectivity index (χ3v) is 4.02. The van der Waals surface area contributed by atoms with Gasteiger partial charge in [0.2, 0.25) is 5.91 Å². The van der Waals surface area contributed by atoms with Crippen molar-refractivity contribution in [1.82, 2.24) is 15.1 Å². The first-order chi connectivity index (χ1) is 9.93. The van der Waals surface area contributed by atoms with E-state index in [2.05, 4.69) is 5.32 Å². The number of rotatable bonds is 2. The highest BCUT2D eigenvalue weighted by Gasteiger charge is 2.36. The van der Waals surface area contributed by atoms with Crippen LogP contribution in [0.4, 0.5) is 4.79 Å². The van der Waals surface area contributed by atoms with Crippen molar-refractivity contribution in [3.8, 4) is 0 Å². The molecular formula is C16H23N3O2. The van der Waals surface area contributed by atoms with Gasteiger partial charge in [0.25, 0.3) is 0 Å². The molecule has 1 atom stereocenters. The van der Waals surface area contributed by atoms with Crippen LogP contribution in [0, 0.1) is 6.92 Å². The summed E-state index contributed by atoms with van der Waals surface area (Å²) in [5.74, 6) is -0.110. The predicted molar refractivity (Wildman–Crippen MR) is 81.9 cm³/mol. The van der Waals surface area contributed by atoms with Gasteiger partial charge in [-0.3, -0.25) is 4.79 Å². The van der Waals surface area contributed by atoms with Gasteiger partial charge in [-0.05, 0) is 31.9 Å². The van der Waals surface area contributed by atoms with Crippen LogP contribution in [-0.4, -0.2) is 47.9 Å². The van der Waals surface area contributed by atoms with E-state index in [-0.39, 0.29) is 18.0 Å². The van der Waals surface area contributed by atoms with E-state index in [1.807, 2.05) is 45.0 Å². The Hall–Kier alpha value is -2.04. The zero-order valence-electron chi connectivity index (χ0n) is 13.1. The van der Waals surface area contributed by atoms with Gasteiger partial charge < -0.3 is 15.1 Å². The highest BCUT2D eigenvalue weighted by atomic mass is 16.2. The van der Waals surface area contributed by atoms with Crippen LogP contribution in [0.3, 0.4) is 0 Å². The monoisotopic (exact) mass is 289 g/mol. The number of carbonyl (C=O) groups excluding carboxylic acids is 2. The molecule has 1 aliphatic heterocycles. The lowest BCUT2D eigenvalue weighted by Gasteiger charge is -2.39. The summed E-state index contributed by atoms with van der Waals surface area (Å²) in [5, 5.41) is 2.86. The minimum atomic E-state index is -0.548. The predicted octanol–water partition coefficient (Wildman–Crippen LogP) is 1.93. The molecule has 0 spiro atoms. The number of nitrogens with one attached hydrogen (secondary N) is 1. The van der Waals surface area contributed by atoms with Crippen LogP contribution in [0.1, 0.15) is 31.0 Å².